The minimum absolute atomic E-state index is 0.334. The molecule has 78 valence electrons. The predicted molar refractivity (Wildman–Crippen MR) is 58.6 cm³/mol. The summed E-state index contributed by atoms with van der Waals surface area (Å²) >= 11 is 10.9. The second-order valence-corrected chi connectivity index (χ2v) is 3.42. The number of allylic oxidation sites excluding steroid dienone is 3. The summed E-state index contributed by atoms with van der Waals surface area (Å²) in [4.78, 5) is 14.6. The zero-order chi connectivity index (χ0) is 11.0. The fraction of sp³-hybridized carbons (Fsp3) is 0.333. The number of rotatable bonds is 4. The van der Waals surface area contributed by atoms with Gasteiger partial charge in [0.2, 0.25) is 0 Å². The van der Waals surface area contributed by atoms with E-state index in [1.165, 1.54) is 6.08 Å². The van der Waals surface area contributed by atoms with Gasteiger partial charge in [0.15, 0.2) is 0 Å². The second kappa shape index (κ2) is 7.59. The topological polar surface area (TPSA) is 38.7 Å². The minimum Gasteiger partial charge on any atom is -0.313 e. The molecule has 0 saturated heterocycles. The molecule has 0 aliphatic carbocycles. The van der Waals surface area contributed by atoms with Crippen molar-refractivity contribution < 1.29 is 9.63 Å². The molecule has 0 aromatic heterocycles. The van der Waals surface area contributed by atoms with Crippen molar-refractivity contribution in [1.29, 1.82) is 0 Å². The van der Waals surface area contributed by atoms with Crippen LogP contribution in [0.5, 0.6) is 0 Å². The lowest BCUT2D eigenvalue weighted by Gasteiger charge is -1.97. The highest BCUT2D eigenvalue weighted by atomic mass is 35.5. The number of carbonyl (C=O) groups is 1. The van der Waals surface area contributed by atoms with Gasteiger partial charge in [0, 0.05) is 6.08 Å². The van der Waals surface area contributed by atoms with Crippen LogP contribution in [0.1, 0.15) is 13.8 Å². The predicted octanol–water partition coefficient (Wildman–Crippen LogP) is 2.84. The van der Waals surface area contributed by atoms with Gasteiger partial charge in [0.1, 0.15) is 4.84 Å². The van der Waals surface area contributed by atoms with Crippen molar-refractivity contribution in [3.05, 3.63) is 24.3 Å². The minimum atomic E-state index is -0.762. The molecule has 0 aliphatic heterocycles. The van der Waals surface area contributed by atoms with Crippen molar-refractivity contribution in [3.63, 3.8) is 0 Å². The lowest BCUT2D eigenvalue weighted by molar-refractivity contribution is -0.137. The first-order valence-corrected chi connectivity index (χ1v) is 4.78. The first kappa shape index (κ1) is 13.2. The van der Waals surface area contributed by atoms with Gasteiger partial charge in [-0.2, -0.15) is 0 Å². The molecule has 0 heterocycles. The molecule has 0 unspecified atom stereocenters. The molecular weight excluding hydrogens is 225 g/mol. The van der Waals surface area contributed by atoms with Crippen LogP contribution in [-0.4, -0.2) is 16.5 Å². The van der Waals surface area contributed by atoms with Gasteiger partial charge in [-0.25, -0.2) is 4.79 Å². The summed E-state index contributed by atoms with van der Waals surface area (Å²) in [6, 6.07) is 0. The number of carbonyl (C=O) groups excluding carboxylic acids is 1. The number of halogens is 2. The molecule has 0 atom stereocenters. The van der Waals surface area contributed by atoms with Gasteiger partial charge >= 0.3 is 5.97 Å². The van der Waals surface area contributed by atoms with Gasteiger partial charge in [0.25, 0.3) is 0 Å². The maximum Gasteiger partial charge on any atom is 0.358 e. The van der Waals surface area contributed by atoms with E-state index in [0.717, 1.165) is 0 Å². The van der Waals surface area contributed by atoms with E-state index < -0.39 is 10.8 Å². The lowest BCUT2D eigenvalue weighted by atomic mass is 10.4. The maximum absolute atomic E-state index is 10.9. The molecule has 0 amide bonds. The molecule has 3 nitrogen and oxygen atoms in total. The average molecular weight is 236 g/mol. The molecule has 0 rings (SSSR count). The maximum atomic E-state index is 10.9. The molecule has 0 aromatic rings. The Bertz CT molecular complexity index is 270. The molecule has 0 aromatic carbocycles. The van der Waals surface area contributed by atoms with Crippen molar-refractivity contribution in [2.24, 2.45) is 5.16 Å². The Morgan fingerprint density at radius 3 is 2.57 bits per heavy atom. The third-order valence-electron chi connectivity index (χ3n) is 1.13. The van der Waals surface area contributed by atoms with Crippen LogP contribution in [0.15, 0.2) is 29.5 Å². The monoisotopic (exact) mass is 235 g/mol. The number of hydrogen-bond donors (Lipinski definition) is 0. The SMILES string of the molecule is C/C=C/C=C/C(=O)O/N=C(\C)C(Cl)Cl. The van der Waals surface area contributed by atoms with Gasteiger partial charge in [-0.1, -0.05) is 46.6 Å². The Morgan fingerprint density at radius 2 is 2.07 bits per heavy atom. The summed E-state index contributed by atoms with van der Waals surface area (Å²) in [5.74, 6) is -0.573. The van der Waals surface area contributed by atoms with Gasteiger partial charge < -0.3 is 4.84 Å². The zero-order valence-electron chi connectivity index (χ0n) is 7.91. The average Bonchev–Trinajstić information content (AvgIpc) is 2.14. The van der Waals surface area contributed by atoms with Crippen LogP contribution >= 0.6 is 23.2 Å². The van der Waals surface area contributed by atoms with E-state index in [4.69, 9.17) is 23.2 Å². The molecule has 14 heavy (non-hydrogen) atoms. The summed E-state index contributed by atoms with van der Waals surface area (Å²) in [6.07, 6.45) is 6.27. The van der Waals surface area contributed by atoms with Crippen molar-refractivity contribution in [2.45, 2.75) is 18.7 Å². The molecule has 0 saturated carbocycles. The fourth-order valence-corrected chi connectivity index (χ4v) is 0.512. The van der Waals surface area contributed by atoms with E-state index in [1.807, 2.05) is 6.92 Å². The second-order valence-electron chi connectivity index (χ2n) is 2.33. The standard InChI is InChI=1S/C9H11Cl2NO2/c1-3-4-5-6-8(13)14-12-7(2)9(10)11/h3-6,9H,1-2H3/b4-3+,6-5+,12-7+. The number of nitrogens with zero attached hydrogens (tertiary/aromatic N) is 1. The molecule has 0 radical (unpaired) electrons. The lowest BCUT2D eigenvalue weighted by Crippen LogP contribution is -2.05. The van der Waals surface area contributed by atoms with Crippen LogP contribution in [0.4, 0.5) is 0 Å². The highest BCUT2D eigenvalue weighted by Crippen LogP contribution is 2.04. The Balaban J connectivity index is 4.02. The summed E-state index contributed by atoms with van der Waals surface area (Å²) in [5.41, 5.74) is 0.334. The number of hydrogen-bond acceptors (Lipinski definition) is 3. The van der Waals surface area contributed by atoms with E-state index >= 15 is 0 Å². The first-order valence-electron chi connectivity index (χ1n) is 3.91. The van der Waals surface area contributed by atoms with Crippen LogP contribution < -0.4 is 0 Å². The highest BCUT2D eigenvalue weighted by molar-refractivity contribution is 6.54. The highest BCUT2D eigenvalue weighted by Gasteiger charge is 2.04. The zero-order valence-corrected chi connectivity index (χ0v) is 9.42. The van der Waals surface area contributed by atoms with Gasteiger partial charge in [-0.3, -0.25) is 0 Å². The van der Waals surface area contributed by atoms with Crippen LogP contribution in [-0.2, 0) is 9.63 Å². The van der Waals surface area contributed by atoms with Crippen molar-refractivity contribution in [3.8, 4) is 0 Å². The fourth-order valence-electron chi connectivity index (χ4n) is 0.432. The van der Waals surface area contributed by atoms with Gasteiger partial charge in [-0.05, 0) is 13.8 Å². The molecule has 0 spiro atoms. The van der Waals surface area contributed by atoms with E-state index in [9.17, 15) is 4.79 Å². The van der Waals surface area contributed by atoms with Gasteiger partial charge in [0.05, 0.1) is 5.71 Å². The smallest absolute Gasteiger partial charge is 0.313 e. The third-order valence-corrected chi connectivity index (χ3v) is 1.76. The summed E-state index contributed by atoms with van der Waals surface area (Å²) < 4.78 is 0. The summed E-state index contributed by atoms with van der Waals surface area (Å²) in [5, 5.41) is 3.43. The largest absolute Gasteiger partial charge is 0.358 e. The molecule has 0 bridgehead atoms. The van der Waals surface area contributed by atoms with Crippen LogP contribution in [0.3, 0.4) is 0 Å². The molecule has 0 N–H and O–H groups in total. The van der Waals surface area contributed by atoms with Crippen molar-refractivity contribution >= 4 is 34.9 Å². The summed E-state index contributed by atoms with van der Waals surface area (Å²) in [7, 11) is 0. The van der Waals surface area contributed by atoms with Crippen LogP contribution in [0.2, 0.25) is 0 Å². The molecule has 0 fully saturated rings. The Labute approximate surface area is 93.0 Å². The molecule has 5 heteroatoms. The van der Waals surface area contributed by atoms with E-state index in [1.54, 1.807) is 25.2 Å². The van der Waals surface area contributed by atoms with Crippen molar-refractivity contribution in [1.82, 2.24) is 0 Å². The Hall–Kier alpha value is -0.800. The number of oxime groups is 1. The number of alkyl halides is 2. The first-order chi connectivity index (χ1) is 6.57. The summed E-state index contributed by atoms with van der Waals surface area (Å²) in [6.45, 7) is 3.40. The van der Waals surface area contributed by atoms with E-state index in [-0.39, 0.29) is 0 Å². The normalized spacial score (nSPS) is 13.1. The van der Waals surface area contributed by atoms with Crippen molar-refractivity contribution in [2.75, 3.05) is 0 Å². The Kier molecular flexibility index (Phi) is 7.16. The van der Waals surface area contributed by atoms with Crippen LogP contribution in [0, 0.1) is 0 Å². The van der Waals surface area contributed by atoms with E-state index in [0.29, 0.717) is 5.71 Å². The van der Waals surface area contributed by atoms with Crippen LogP contribution in [0.25, 0.3) is 0 Å². The van der Waals surface area contributed by atoms with E-state index in [2.05, 4.69) is 9.99 Å². The molecule has 0 aliphatic rings. The Morgan fingerprint density at radius 1 is 1.43 bits per heavy atom. The molecular formula is C9H11Cl2NO2. The van der Waals surface area contributed by atoms with Gasteiger partial charge in [-0.15, -0.1) is 0 Å². The quantitative estimate of drug-likeness (QED) is 0.188. The third kappa shape index (κ3) is 6.69.